The summed E-state index contributed by atoms with van der Waals surface area (Å²) in [4.78, 5) is 13.3. The Labute approximate surface area is 214 Å². The third kappa shape index (κ3) is 4.54. The predicted octanol–water partition coefficient (Wildman–Crippen LogP) is 6.28. The van der Waals surface area contributed by atoms with Crippen LogP contribution >= 0.6 is 23.2 Å². The Morgan fingerprint density at radius 2 is 1.47 bits per heavy atom. The molecule has 0 aliphatic carbocycles. The molecule has 1 aliphatic heterocycles. The van der Waals surface area contributed by atoms with Crippen molar-refractivity contribution in [2.75, 3.05) is 12.1 Å². The van der Waals surface area contributed by atoms with E-state index in [0.29, 0.717) is 21.4 Å². The topological polar surface area (TPSA) is 43.1 Å². The second kappa shape index (κ2) is 9.19. The number of hydrogen-bond acceptors (Lipinski definition) is 3. The zero-order chi connectivity index (χ0) is 25.6. The van der Waals surface area contributed by atoms with Crippen molar-refractivity contribution < 1.29 is 13.2 Å². The highest BCUT2D eigenvalue weighted by Crippen LogP contribution is 2.38. The third-order valence-electron chi connectivity index (χ3n) is 6.09. The van der Waals surface area contributed by atoms with Gasteiger partial charge in [-0.1, -0.05) is 59.6 Å². The van der Waals surface area contributed by atoms with Gasteiger partial charge < -0.3 is 0 Å². The van der Waals surface area contributed by atoms with Crippen LogP contribution in [0, 0.1) is 0 Å². The van der Waals surface area contributed by atoms with Crippen LogP contribution < -0.4 is 10.7 Å². The van der Waals surface area contributed by atoms with Gasteiger partial charge in [-0.05, 0) is 64.7 Å². The summed E-state index contributed by atoms with van der Waals surface area (Å²) in [7, 11) is 1.79. The molecule has 1 unspecified atom stereocenters. The van der Waals surface area contributed by atoms with Gasteiger partial charge in [-0.25, -0.2) is 9.48 Å². The Morgan fingerprint density at radius 3 is 2.06 bits per heavy atom. The van der Waals surface area contributed by atoms with Crippen molar-refractivity contribution >= 4 is 34.9 Å². The zero-order valence-corrected chi connectivity index (χ0v) is 20.4. The van der Waals surface area contributed by atoms with Crippen LogP contribution in [-0.2, 0) is 12.7 Å². The first-order chi connectivity index (χ1) is 17.1. The predicted molar refractivity (Wildman–Crippen MR) is 135 cm³/mol. The molecule has 5 rings (SSSR count). The number of halogens is 5. The van der Waals surface area contributed by atoms with E-state index in [1.54, 1.807) is 36.3 Å². The summed E-state index contributed by atoms with van der Waals surface area (Å²) in [6.45, 7) is 0.0283. The molecule has 1 atom stereocenters. The number of aromatic nitrogens is 3. The lowest BCUT2D eigenvalue weighted by atomic mass is 9.91. The van der Waals surface area contributed by atoms with Gasteiger partial charge in [0.2, 0.25) is 0 Å². The summed E-state index contributed by atoms with van der Waals surface area (Å²) >= 11 is 12.2. The molecule has 0 radical (unpaired) electrons. The Kier molecular flexibility index (Phi) is 6.18. The van der Waals surface area contributed by atoms with E-state index in [4.69, 9.17) is 23.2 Å². The number of alkyl halides is 3. The molecule has 10 heteroatoms. The SMILES string of the molecule is CN1C(c2ccc(Cl)cc2)C(c2ccc(Cl)cc2)=Cc2nn(Cc3ccc(C(F)(F)F)cc3)c(=O)n21. The van der Waals surface area contributed by atoms with Crippen molar-refractivity contribution in [3.8, 4) is 0 Å². The van der Waals surface area contributed by atoms with E-state index in [1.807, 2.05) is 30.3 Å². The Morgan fingerprint density at radius 1 is 0.889 bits per heavy atom. The molecule has 36 heavy (non-hydrogen) atoms. The minimum Gasteiger partial charge on any atom is -0.298 e. The third-order valence-corrected chi connectivity index (χ3v) is 6.59. The fourth-order valence-corrected chi connectivity index (χ4v) is 4.59. The van der Waals surface area contributed by atoms with E-state index in [9.17, 15) is 18.0 Å². The van der Waals surface area contributed by atoms with Crippen LogP contribution in [0.3, 0.4) is 0 Å². The summed E-state index contributed by atoms with van der Waals surface area (Å²) in [6, 6.07) is 19.1. The van der Waals surface area contributed by atoms with Crippen molar-refractivity contribution in [3.63, 3.8) is 0 Å². The smallest absolute Gasteiger partial charge is 0.298 e. The fraction of sp³-hybridized carbons (Fsp3) is 0.154. The molecule has 0 spiro atoms. The fourth-order valence-electron chi connectivity index (χ4n) is 4.34. The van der Waals surface area contributed by atoms with Gasteiger partial charge in [-0.2, -0.15) is 17.8 Å². The number of nitrogens with zero attached hydrogens (tertiary/aromatic N) is 4. The highest BCUT2D eigenvalue weighted by atomic mass is 35.5. The summed E-state index contributed by atoms with van der Waals surface area (Å²) in [5.41, 5.74) is 2.09. The van der Waals surface area contributed by atoms with Crippen LogP contribution in [0.2, 0.25) is 10.0 Å². The summed E-state index contributed by atoms with van der Waals surface area (Å²) in [5.74, 6) is 0.407. The van der Waals surface area contributed by atoms with Crippen LogP contribution in [0.5, 0.6) is 0 Å². The first-order valence-electron chi connectivity index (χ1n) is 10.9. The normalized spacial score (nSPS) is 15.6. The van der Waals surface area contributed by atoms with Gasteiger partial charge in [0.25, 0.3) is 0 Å². The highest BCUT2D eigenvalue weighted by Gasteiger charge is 2.32. The molecule has 1 aliphatic rings. The first kappa shape index (κ1) is 24.2. The molecule has 5 nitrogen and oxygen atoms in total. The molecule has 2 heterocycles. The van der Waals surface area contributed by atoms with Gasteiger partial charge >= 0.3 is 11.9 Å². The molecule has 1 aromatic heterocycles. The molecule has 0 saturated heterocycles. The number of rotatable bonds is 4. The molecule has 0 amide bonds. The van der Waals surface area contributed by atoms with E-state index in [2.05, 4.69) is 5.10 Å². The average molecular weight is 531 g/mol. The van der Waals surface area contributed by atoms with Crippen LogP contribution in [-0.4, -0.2) is 21.5 Å². The maximum absolute atomic E-state index is 13.3. The molecular formula is C26H19Cl2F3N4O. The molecule has 0 fully saturated rings. The maximum Gasteiger partial charge on any atom is 0.416 e. The van der Waals surface area contributed by atoms with Gasteiger partial charge in [-0.3, -0.25) is 5.01 Å². The lowest BCUT2D eigenvalue weighted by Crippen LogP contribution is -2.45. The first-order valence-corrected chi connectivity index (χ1v) is 11.7. The second-order valence-electron chi connectivity index (χ2n) is 8.44. The number of benzene rings is 3. The molecule has 0 N–H and O–H groups in total. The van der Waals surface area contributed by atoms with Crippen LogP contribution in [0.25, 0.3) is 11.6 Å². The van der Waals surface area contributed by atoms with Crippen LogP contribution in [0.4, 0.5) is 13.2 Å². The van der Waals surface area contributed by atoms with E-state index in [1.165, 1.54) is 21.5 Å². The van der Waals surface area contributed by atoms with E-state index in [0.717, 1.165) is 28.8 Å². The Hall–Kier alpha value is -3.49. The molecule has 0 bridgehead atoms. The average Bonchev–Trinajstić information content (AvgIpc) is 3.15. The van der Waals surface area contributed by atoms with Gasteiger partial charge in [0, 0.05) is 17.1 Å². The zero-order valence-electron chi connectivity index (χ0n) is 18.9. The lowest BCUT2D eigenvalue weighted by Gasteiger charge is -2.35. The van der Waals surface area contributed by atoms with Gasteiger partial charge in [0.1, 0.15) is 0 Å². The maximum atomic E-state index is 13.3. The van der Waals surface area contributed by atoms with E-state index in [-0.39, 0.29) is 12.6 Å². The van der Waals surface area contributed by atoms with E-state index < -0.39 is 17.4 Å². The number of hydrogen-bond donors (Lipinski definition) is 0. The van der Waals surface area contributed by atoms with Crippen LogP contribution in [0.1, 0.15) is 34.1 Å². The largest absolute Gasteiger partial charge is 0.416 e. The highest BCUT2D eigenvalue weighted by molar-refractivity contribution is 6.30. The summed E-state index contributed by atoms with van der Waals surface area (Å²) in [5, 5.41) is 7.47. The molecule has 3 aromatic carbocycles. The monoisotopic (exact) mass is 530 g/mol. The Balaban J connectivity index is 1.57. The Bertz CT molecular complexity index is 1490. The molecule has 4 aromatic rings. The lowest BCUT2D eigenvalue weighted by molar-refractivity contribution is -0.137. The van der Waals surface area contributed by atoms with Crippen molar-refractivity contribution in [2.45, 2.75) is 18.8 Å². The minimum absolute atomic E-state index is 0.0283. The standard InChI is InChI=1S/C26H19Cl2F3N4O/c1-33-24(18-6-12-21(28)13-7-18)22(17-4-10-20(27)11-5-17)14-23-32-34(25(36)35(23)33)15-16-2-8-19(9-3-16)26(29,30)31/h2-14,24H,15H2,1H3. The van der Waals surface area contributed by atoms with Gasteiger partial charge in [-0.15, -0.1) is 5.10 Å². The molecular weight excluding hydrogens is 512 g/mol. The van der Waals surface area contributed by atoms with E-state index >= 15 is 0 Å². The van der Waals surface area contributed by atoms with Gasteiger partial charge in [0.15, 0.2) is 5.82 Å². The van der Waals surface area contributed by atoms with Crippen molar-refractivity contribution in [1.82, 2.24) is 14.5 Å². The van der Waals surface area contributed by atoms with Gasteiger partial charge in [0.05, 0.1) is 18.2 Å². The number of likely N-dealkylation sites (N-methyl/N-ethyl adjacent to an activating group) is 1. The summed E-state index contributed by atoms with van der Waals surface area (Å²) in [6.07, 6.45) is -2.59. The van der Waals surface area contributed by atoms with Crippen molar-refractivity contribution in [1.29, 1.82) is 0 Å². The van der Waals surface area contributed by atoms with Crippen molar-refractivity contribution in [2.24, 2.45) is 0 Å². The van der Waals surface area contributed by atoms with Crippen LogP contribution in [0.15, 0.2) is 77.6 Å². The number of fused-ring (bicyclic) bond motifs is 1. The summed E-state index contributed by atoms with van der Waals surface area (Å²) < 4.78 is 41.4. The van der Waals surface area contributed by atoms with Crippen molar-refractivity contribution in [3.05, 3.63) is 121 Å². The molecule has 184 valence electrons. The molecule has 0 saturated carbocycles. The second-order valence-corrected chi connectivity index (χ2v) is 9.31. The quantitative estimate of drug-likeness (QED) is 0.311. The minimum atomic E-state index is -4.43.